The number of thiophene rings is 1. The lowest BCUT2D eigenvalue weighted by Gasteiger charge is -2.10. The second-order valence-corrected chi connectivity index (χ2v) is 6.97. The Bertz CT molecular complexity index is 777. The summed E-state index contributed by atoms with van der Waals surface area (Å²) >= 11 is 6.90. The van der Waals surface area contributed by atoms with Crippen LogP contribution in [-0.2, 0) is 11.0 Å². The highest BCUT2D eigenvalue weighted by Crippen LogP contribution is 2.31. The number of amides is 1. The van der Waals surface area contributed by atoms with Crippen LogP contribution in [0.3, 0.4) is 0 Å². The maximum atomic E-state index is 12.6. The van der Waals surface area contributed by atoms with Gasteiger partial charge < -0.3 is 10.1 Å². The van der Waals surface area contributed by atoms with Crippen molar-refractivity contribution in [2.75, 3.05) is 13.2 Å². The summed E-state index contributed by atoms with van der Waals surface area (Å²) in [5.41, 5.74) is -0.800. The number of Topliss-reactive ketones (excluding diaryl/α,β-unsaturated/α-hetero) is 1. The Morgan fingerprint density at radius 2 is 1.92 bits per heavy atom. The molecule has 1 aromatic heterocycles. The summed E-state index contributed by atoms with van der Waals surface area (Å²) < 4.78 is 43.5. The molecule has 1 amide bonds. The van der Waals surface area contributed by atoms with Crippen molar-refractivity contribution in [3.05, 3.63) is 51.2 Å². The number of nitrogens with one attached hydrogen (secondary N) is 1. The Morgan fingerprint density at radius 3 is 2.58 bits per heavy atom. The zero-order chi connectivity index (χ0) is 19.2. The number of benzene rings is 1. The number of rotatable bonds is 8. The van der Waals surface area contributed by atoms with E-state index in [1.807, 2.05) is 0 Å². The van der Waals surface area contributed by atoms with Gasteiger partial charge in [0.2, 0.25) is 5.91 Å². The van der Waals surface area contributed by atoms with Crippen molar-refractivity contribution in [3.8, 4) is 5.75 Å². The number of hydrogen-bond donors (Lipinski definition) is 1. The molecule has 0 aliphatic heterocycles. The highest BCUT2D eigenvalue weighted by atomic mass is 35.5. The molecule has 26 heavy (non-hydrogen) atoms. The quantitative estimate of drug-likeness (QED) is 0.516. The summed E-state index contributed by atoms with van der Waals surface area (Å²) in [5.74, 6) is -0.440. The van der Waals surface area contributed by atoms with E-state index in [2.05, 4.69) is 5.32 Å². The molecule has 0 unspecified atom stereocenters. The maximum absolute atomic E-state index is 12.6. The zero-order valence-electron chi connectivity index (χ0n) is 13.4. The van der Waals surface area contributed by atoms with Crippen LogP contribution in [0, 0.1) is 0 Å². The Balaban J connectivity index is 1.68. The Kier molecular flexibility index (Phi) is 7.05. The molecular weight excluding hydrogens is 391 g/mol. The normalized spacial score (nSPS) is 11.2. The van der Waals surface area contributed by atoms with Crippen LogP contribution >= 0.6 is 22.9 Å². The van der Waals surface area contributed by atoms with E-state index >= 15 is 0 Å². The van der Waals surface area contributed by atoms with E-state index in [0.717, 1.165) is 23.5 Å². The van der Waals surface area contributed by atoms with Crippen molar-refractivity contribution in [2.45, 2.75) is 19.0 Å². The van der Waals surface area contributed by atoms with Crippen LogP contribution in [0.25, 0.3) is 0 Å². The molecule has 0 atom stereocenters. The Morgan fingerprint density at radius 1 is 1.15 bits per heavy atom. The van der Waals surface area contributed by atoms with Crippen molar-refractivity contribution in [1.29, 1.82) is 0 Å². The third-order valence-electron chi connectivity index (χ3n) is 3.28. The highest BCUT2D eigenvalue weighted by Gasteiger charge is 2.30. The molecule has 1 heterocycles. The Labute approximate surface area is 156 Å². The van der Waals surface area contributed by atoms with E-state index < -0.39 is 11.7 Å². The molecular formula is C17H15ClF3NO3S. The third kappa shape index (κ3) is 6.34. The van der Waals surface area contributed by atoms with E-state index in [9.17, 15) is 22.8 Å². The number of carbonyl (C=O) groups excluding carboxylic acids is 2. The van der Waals surface area contributed by atoms with Gasteiger partial charge in [-0.15, -0.1) is 11.3 Å². The molecule has 1 aromatic carbocycles. The number of carbonyl (C=O) groups is 2. The summed E-state index contributed by atoms with van der Waals surface area (Å²) in [7, 11) is 0. The van der Waals surface area contributed by atoms with Crippen LogP contribution in [0.4, 0.5) is 13.2 Å². The molecule has 140 valence electrons. The molecule has 1 N–H and O–H groups in total. The standard InChI is InChI=1S/C17H15ClF3NO3S/c18-15-6-5-14(26-15)13(23)4-7-16(24)22-8-9-25-12-3-1-2-11(10-12)17(19,20)21/h1-3,5-6,10H,4,7-9H2,(H,22,24). The van der Waals surface area contributed by atoms with Gasteiger partial charge in [0.25, 0.3) is 0 Å². The topological polar surface area (TPSA) is 55.4 Å². The first-order valence-corrected chi connectivity index (χ1v) is 8.80. The Hall–Kier alpha value is -2.06. The highest BCUT2D eigenvalue weighted by molar-refractivity contribution is 7.18. The van der Waals surface area contributed by atoms with Crippen LogP contribution in [-0.4, -0.2) is 24.8 Å². The molecule has 0 bridgehead atoms. The number of hydrogen-bond acceptors (Lipinski definition) is 4. The minimum Gasteiger partial charge on any atom is -0.492 e. The fourth-order valence-electron chi connectivity index (χ4n) is 2.02. The van der Waals surface area contributed by atoms with E-state index in [-0.39, 0.29) is 43.4 Å². The van der Waals surface area contributed by atoms with Crippen molar-refractivity contribution >= 4 is 34.6 Å². The minimum atomic E-state index is -4.44. The van der Waals surface area contributed by atoms with Gasteiger partial charge in [0.15, 0.2) is 5.78 Å². The summed E-state index contributed by atoms with van der Waals surface area (Å²) in [6, 6.07) is 7.72. The first-order valence-electron chi connectivity index (χ1n) is 7.61. The first-order chi connectivity index (χ1) is 12.3. The van der Waals surface area contributed by atoms with Gasteiger partial charge in [0.1, 0.15) is 12.4 Å². The molecule has 0 radical (unpaired) electrons. The summed E-state index contributed by atoms with van der Waals surface area (Å²) in [4.78, 5) is 24.0. The molecule has 9 heteroatoms. The van der Waals surface area contributed by atoms with Gasteiger partial charge >= 0.3 is 6.18 Å². The SMILES string of the molecule is O=C(CCC(=O)c1ccc(Cl)s1)NCCOc1cccc(C(F)(F)F)c1. The van der Waals surface area contributed by atoms with E-state index in [1.54, 1.807) is 12.1 Å². The first kappa shape index (κ1) is 20.3. The number of alkyl halides is 3. The predicted molar refractivity (Wildman–Crippen MR) is 92.8 cm³/mol. The van der Waals surface area contributed by atoms with Gasteiger partial charge in [-0.05, 0) is 30.3 Å². The minimum absolute atomic E-state index is 0.0118. The van der Waals surface area contributed by atoms with E-state index in [1.165, 1.54) is 12.1 Å². The zero-order valence-corrected chi connectivity index (χ0v) is 15.0. The molecule has 0 fully saturated rings. The van der Waals surface area contributed by atoms with Crippen molar-refractivity contribution < 1.29 is 27.5 Å². The average Bonchev–Trinajstić information content (AvgIpc) is 3.02. The van der Waals surface area contributed by atoms with Crippen molar-refractivity contribution in [3.63, 3.8) is 0 Å². The average molecular weight is 406 g/mol. The fourth-order valence-corrected chi connectivity index (χ4v) is 3.03. The molecule has 0 saturated carbocycles. The van der Waals surface area contributed by atoms with Crippen LogP contribution in [0.15, 0.2) is 36.4 Å². The fraction of sp³-hybridized carbons (Fsp3) is 0.294. The van der Waals surface area contributed by atoms with Gasteiger partial charge in [-0.3, -0.25) is 9.59 Å². The molecule has 4 nitrogen and oxygen atoms in total. The number of ether oxygens (including phenoxy) is 1. The molecule has 2 rings (SSSR count). The lowest BCUT2D eigenvalue weighted by molar-refractivity contribution is -0.137. The lowest BCUT2D eigenvalue weighted by Crippen LogP contribution is -2.28. The van der Waals surface area contributed by atoms with Crippen molar-refractivity contribution in [2.24, 2.45) is 0 Å². The van der Waals surface area contributed by atoms with Crippen LogP contribution in [0.5, 0.6) is 5.75 Å². The van der Waals surface area contributed by atoms with Gasteiger partial charge in [-0.2, -0.15) is 13.2 Å². The molecule has 0 aliphatic carbocycles. The van der Waals surface area contributed by atoms with Gasteiger partial charge in [-0.1, -0.05) is 17.7 Å². The summed E-state index contributed by atoms with van der Waals surface area (Å²) in [6.45, 7) is 0.135. The van der Waals surface area contributed by atoms with Gasteiger partial charge in [0.05, 0.1) is 21.3 Å². The maximum Gasteiger partial charge on any atom is 0.416 e. The van der Waals surface area contributed by atoms with E-state index in [4.69, 9.17) is 16.3 Å². The monoisotopic (exact) mass is 405 g/mol. The second-order valence-electron chi connectivity index (χ2n) is 5.25. The lowest BCUT2D eigenvalue weighted by atomic mass is 10.2. The van der Waals surface area contributed by atoms with Crippen LogP contribution in [0.2, 0.25) is 4.34 Å². The second kappa shape index (κ2) is 9.05. The number of halogens is 4. The van der Waals surface area contributed by atoms with Gasteiger partial charge in [-0.25, -0.2) is 0 Å². The third-order valence-corrected chi connectivity index (χ3v) is 4.55. The van der Waals surface area contributed by atoms with Crippen molar-refractivity contribution in [1.82, 2.24) is 5.32 Å². The largest absolute Gasteiger partial charge is 0.492 e. The number of ketones is 1. The molecule has 0 spiro atoms. The molecule has 0 aliphatic rings. The smallest absolute Gasteiger partial charge is 0.416 e. The summed E-state index contributed by atoms with van der Waals surface area (Å²) in [6.07, 6.45) is -4.37. The summed E-state index contributed by atoms with van der Waals surface area (Å²) in [5, 5.41) is 2.55. The van der Waals surface area contributed by atoms with Crippen LogP contribution in [0.1, 0.15) is 28.1 Å². The molecule has 2 aromatic rings. The predicted octanol–water partition coefficient (Wildman–Crippen LogP) is 4.58. The van der Waals surface area contributed by atoms with E-state index in [0.29, 0.717) is 9.21 Å². The van der Waals surface area contributed by atoms with Crippen LogP contribution < -0.4 is 10.1 Å². The van der Waals surface area contributed by atoms with Gasteiger partial charge in [0, 0.05) is 12.8 Å². The molecule has 0 saturated heterocycles.